The minimum Gasteiger partial charge on any atom is -0.393 e. The summed E-state index contributed by atoms with van der Waals surface area (Å²) in [5.74, 6) is 0.690. The summed E-state index contributed by atoms with van der Waals surface area (Å²) in [6.45, 7) is 4.58. The van der Waals surface area contributed by atoms with Crippen molar-refractivity contribution < 1.29 is 9.84 Å². The third-order valence-electron chi connectivity index (χ3n) is 4.41. The zero-order valence-electron chi connectivity index (χ0n) is 10.6. The van der Waals surface area contributed by atoms with E-state index < -0.39 is 0 Å². The molecule has 0 radical (unpaired) electrons. The van der Waals surface area contributed by atoms with Gasteiger partial charge in [0.1, 0.15) is 0 Å². The molecule has 1 saturated carbocycles. The van der Waals surface area contributed by atoms with Gasteiger partial charge in [0.2, 0.25) is 0 Å². The summed E-state index contributed by atoms with van der Waals surface area (Å²) in [4.78, 5) is 2.58. The topological polar surface area (TPSA) is 32.7 Å². The molecular formula is C13H25NO2. The van der Waals surface area contributed by atoms with Crippen LogP contribution in [0.5, 0.6) is 0 Å². The number of aliphatic hydroxyl groups excluding tert-OH is 1. The van der Waals surface area contributed by atoms with Gasteiger partial charge in [-0.1, -0.05) is 6.92 Å². The lowest BCUT2D eigenvalue weighted by Gasteiger charge is -2.42. The van der Waals surface area contributed by atoms with Crippen molar-refractivity contribution in [3.8, 4) is 0 Å². The van der Waals surface area contributed by atoms with E-state index in [1.54, 1.807) is 0 Å². The quantitative estimate of drug-likeness (QED) is 0.778. The fourth-order valence-electron chi connectivity index (χ4n) is 3.12. The number of nitrogens with zero attached hydrogens (tertiary/aromatic N) is 1. The van der Waals surface area contributed by atoms with Crippen molar-refractivity contribution in [3.05, 3.63) is 0 Å². The monoisotopic (exact) mass is 227 g/mol. The van der Waals surface area contributed by atoms with Crippen LogP contribution in [0, 0.1) is 5.92 Å². The lowest BCUT2D eigenvalue weighted by molar-refractivity contribution is -0.0306. The number of rotatable bonds is 2. The highest BCUT2D eigenvalue weighted by Crippen LogP contribution is 2.28. The van der Waals surface area contributed by atoms with E-state index in [0.717, 1.165) is 32.2 Å². The Balaban J connectivity index is 1.85. The molecule has 1 heterocycles. The van der Waals surface area contributed by atoms with Gasteiger partial charge in [-0.05, 0) is 44.6 Å². The van der Waals surface area contributed by atoms with Crippen LogP contribution in [0.1, 0.15) is 39.0 Å². The third-order valence-corrected chi connectivity index (χ3v) is 4.41. The summed E-state index contributed by atoms with van der Waals surface area (Å²) in [5, 5.41) is 9.52. The SMILES string of the molecule is COC1CN(C2CCC(O)CC2)CCC1C. The molecule has 94 valence electrons. The first-order chi connectivity index (χ1) is 7.70. The number of piperidine rings is 1. The Morgan fingerprint density at radius 2 is 1.81 bits per heavy atom. The molecule has 0 aromatic rings. The van der Waals surface area contributed by atoms with Gasteiger partial charge in [0, 0.05) is 19.7 Å². The van der Waals surface area contributed by atoms with E-state index in [-0.39, 0.29) is 6.10 Å². The Morgan fingerprint density at radius 3 is 2.44 bits per heavy atom. The maximum Gasteiger partial charge on any atom is 0.0724 e. The smallest absolute Gasteiger partial charge is 0.0724 e. The van der Waals surface area contributed by atoms with Crippen molar-refractivity contribution in [3.63, 3.8) is 0 Å². The standard InChI is InChI=1S/C13H25NO2/c1-10-7-8-14(9-13(10)16-2)11-3-5-12(15)6-4-11/h10-13,15H,3-9H2,1-2H3. The second kappa shape index (κ2) is 5.48. The van der Waals surface area contributed by atoms with Gasteiger partial charge in [-0.3, -0.25) is 4.90 Å². The van der Waals surface area contributed by atoms with Crippen molar-refractivity contribution in [2.45, 2.75) is 57.3 Å². The molecule has 1 N–H and O–H groups in total. The van der Waals surface area contributed by atoms with Crippen LogP contribution in [-0.4, -0.2) is 48.5 Å². The van der Waals surface area contributed by atoms with Gasteiger partial charge in [-0.25, -0.2) is 0 Å². The minimum atomic E-state index is -0.0433. The molecule has 1 aliphatic heterocycles. The number of aliphatic hydroxyl groups is 1. The van der Waals surface area contributed by atoms with E-state index in [9.17, 15) is 5.11 Å². The molecule has 0 amide bonds. The van der Waals surface area contributed by atoms with E-state index in [1.807, 2.05) is 7.11 Å². The number of hydrogen-bond acceptors (Lipinski definition) is 3. The van der Waals surface area contributed by atoms with Gasteiger partial charge in [0.15, 0.2) is 0 Å². The second-order valence-corrected chi connectivity index (χ2v) is 5.50. The van der Waals surface area contributed by atoms with Crippen molar-refractivity contribution in [2.75, 3.05) is 20.2 Å². The Morgan fingerprint density at radius 1 is 1.12 bits per heavy atom. The Labute approximate surface area is 98.8 Å². The van der Waals surface area contributed by atoms with Gasteiger partial charge in [0.05, 0.1) is 12.2 Å². The predicted molar refractivity (Wildman–Crippen MR) is 64.4 cm³/mol. The Bertz CT molecular complexity index is 214. The second-order valence-electron chi connectivity index (χ2n) is 5.50. The molecule has 3 nitrogen and oxygen atoms in total. The summed E-state index contributed by atoms with van der Waals surface area (Å²) < 4.78 is 5.55. The summed E-state index contributed by atoms with van der Waals surface area (Å²) in [5.41, 5.74) is 0. The highest BCUT2D eigenvalue weighted by atomic mass is 16.5. The van der Waals surface area contributed by atoms with E-state index >= 15 is 0 Å². The summed E-state index contributed by atoms with van der Waals surface area (Å²) >= 11 is 0. The molecule has 3 heteroatoms. The molecule has 0 aromatic carbocycles. The highest BCUT2D eigenvalue weighted by Gasteiger charge is 2.31. The van der Waals surface area contributed by atoms with Crippen LogP contribution in [0.15, 0.2) is 0 Å². The molecule has 0 aromatic heterocycles. The zero-order chi connectivity index (χ0) is 11.5. The molecule has 1 aliphatic carbocycles. The lowest BCUT2D eigenvalue weighted by Crippen LogP contribution is -2.49. The molecular weight excluding hydrogens is 202 g/mol. The number of hydrogen-bond donors (Lipinski definition) is 1. The summed E-state index contributed by atoms with van der Waals surface area (Å²) in [6, 6.07) is 0.688. The van der Waals surface area contributed by atoms with Crippen LogP contribution < -0.4 is 0 Å². The molecule has 2 atom stereocenters. The molecule has 0 spiro atoms. The highest BCUT2D eigenvalue weighted by molar-refractivity contribution is 4.85. The maximum absolute atomic E-state index is 9.52. The molecule has 16 heavy (non-hydrogen) atoms. The van der Waals surface area contributed by atoms with Crippen LogP contribution in [0.4, 0.5) is 0 Å². The van der Waals surface area contributed by atoms with Crippen molar-refractivity contribution in [2.24, 2.45) is 5.92 Å². The van der Waals surface area contributed by atoms with Crippen LogP contribution in [0.3, 0.4) is 0 Å². The first-order valence-electron chi connectivity index (χ1n) is 6.65. The van der Waals surface area contributed by atoms with Gasteiger partial charge in [-0.15, -0.1) is 0 Å². The van der Waals surface area contributed by atoms with E-state index in [1.165, 1.54) is 13.0 Å². The van der Waals surface area contributed by atoms with Crippen LogP contribution in [0.25, 0.3) is 0 Å². The number of likely N-dealkylation sites (tertiary alicyclic amines) is 1. The van der Waals surface area contributed by atoms with Gasteiger partial charge in [0.25, 0.3) is 0 Å². The van der Waals surface area contributed by atoms with Crippen LogP contribution in [0.2, 0.25) is 0 Å². The Hall–Kier alpha value is -0.120. The maximum atomic E-state index is 9.52. The molecule has 2 fully saturated rings. The average molecular weight is 227 g/mol. The fourth-order valence-corrected chi connectivity index (χ4v) is 3.12. The summed E-state index contributed by atoms with van der Waals surface area (Å²) in [6.07, 6.45) is 5.89. The first-order valence-corrected chi connectivity index (χ1v) is 6.65. The van der Waals surface area contributed by atoms with Crippen molar-refractivity contribution in [1.29, 1.82) is 0 Å². The number of ether oxygens (including phenoxy) is 1. The minimum absolute atomic E-state index is 0.0433. The van der Waals surface area contributed by atoms with E-state index in [0.29, 0.717) is 18.1 Å². The number of methoxy groups -OCH3 is 1. The van der Waals surface area contributed by atoms with E-state index in [4.69, 9.17) is 4.74 Å². The molecule has 1 saturated heterocycles. The summed E-state index contributed by atoms with van der Waals surface area (Å²) in [7, 11) is 1.83. The van der Waals surface area contributed by atoms with Crippen LogP contribution in [-0.2, 0) is 4.74 Å². The molecule has 0 bridgehead atoms. The van der Waals surface area contributed by atoms with E-state index in [2.05, 4.69) is 11.8 Å². The van der Waals surface area contributed by atoms with Gasteiger partial charge in [-0.2, -0.15) is 0 Å². The van der Waals surface area contributed by atoms with Crippen molar-refractivity contribution >= 4 is 0 Å². The van der Waals surface area contributed by atoms with Gasteiger partial charge >= 0.3 is 0 Å². The molecule has 2 unspecified atom stereocenters. The lowest BCUT2D eigenvalue weighted by atomic mass is 9.88. The largest absolute Gasteiger partial charge is 0.393 e. The third kappa shape index (κ3) is 2.76. The first kappa shape index (κ1) is 12.3. The molecule has 2 aliphatic rings. The van der Waals surface area contributed by atoms with Gasteiger partial charge < -0.3 is 9.84 Å². The molecule has 2 rings (SSSR count). The normalized spacial score (nSPS) is 42.2. The van der Waals surface area contributed by atoms with Crippen LogP contribution >= 0.6 is 0 Å². The van der Waals surface area contributed by atoms with Crippen molar-refractivity contribution in [1.82, 2.24) is 4.90 Å². The predicted octanol–water partition coefficient (Wildman–Crippen LogP) is 1.65. The average Bonchev–Trinajstić information content (AvgIpc) is 2.31. The zero-order valence-corrected chi connectivity index (χ0v) is 10.6. The fraction of sp³-hybridized carbons (Fsp3) is 1.00. The Kier molecular flexibility index (Phi) is 4.22.